The molecule has 0 saturated carbocycles. The van der Waals surface area contributed by atoms with Crippen LogP contribution in [0.1, 0.15) is 19.0 Å². The molecule has 1 atom stereocenters. The number of carbonyl (C=O) groups excluding carboxylic acids is 1. The number of aryl methyl sites for hydroxylation is 1. The molecule has 0 aliphatic rings. The Morgan fingerprint density at radius 1 is 1.44 bits per heavy atom. The minimum absolute atomic E-state index is 0.159. The van der Waals surface area contributed by atoms with Crippen molar-refractivity contribution >= 4 is 22.5 Å². The first-order valence-corrected chi connectivity index (χ1v) is 6.04. The van der Waals surface area contributed by atoms with Crippen molar-refractivity contribution in [2.24, 2.45) is 5.73 Å². The van der Waals surface area contributed by atoms with Crippen molar-refractivity contribution in [2.75, 3.05) is 5.32 Å². The predicted molar refractivity (Wildman–Crippen MR) is 73.4 cm³/mol. The van der Waals surface area contributed by atoms with Crippen molar-refractivity contribution < 1.29 is 4.79 Å². The number of para-hydroxylation sites is 1. The van der Waals surface area contributed by atoms with Crippen molar-refractivity contribution in [2.45, 2.75) is 26.3 Å². The van der Waals surface area contributed by atoms with Crippen LogP contribution in [0.3, 0.4) is 0 Å². The maximum Gasteiger partial charge on any atom is 0.241 e. The first-order chi connectivity index (χ1) is 8.61. The summed E-state index contributed by atoms with van der Waals surface area (Å²) in [5.74, 6) is -0.159. The number of anilines is 1. The van der Waals surface area contributed by atoms with E-state index < -0.39 is 6.04 Å². The van der Waals surface area contributed by atoms with Gasteiger partial charge in [-0.3, -0.25) is 9.78 Å². The van der Waals surface area contributed by atoms with Crippen molar-refractivity contribution in [3.63, 3.8) is 0 Å². The van der Waals surface area contributed by atoms with Crippen LogP contribution >= 0.6 is 0 Å². The normalized spacial score (nSPS) is 12.4. The molecule has 2 aromatic rings. The van der Waals surface area contributed by atoms with Gasteiger partial charge in [0.1, 0.15) is 0 Å². The Hall–Kier alpha value is -1.94. The average molecular weight is 243 g/mol. The summed E-state index contributed by atoms with van der Waals surface area (Å²) in [5, 5.41) is 3.80. The third-order valence-electron chi connectivity index (χ3n) is 2.88. The molecule has 0 fully saturated rings. The van der Waals surface area contributed by atoms with Gasteiger partial charge in [-0.05, 0) is 25.5 Å². The Labute approximate surface area is 106 Å². The molecule has 0 radical (unpaired) electrons. The Morgan fingerprint density at radius 2 is 2.17 bits per heavy atom. The number of nitrogens with one attached hydrogen (secondary N) is 1. The van der Waals surface area contributed by atoms with Crippen LogP contribution in [0.5, 0.6) is 0 Å². The van der Waals surface area contributed by atoms with E-state index in [2.05, 4.69) is 10.3 Å². The first-order valence-electron chi connectivity index (χ1n) is 6.04. The van der Waals surface area contributed by atoms with Crippen LogP contribution in [-0.2, 0) is 4.79 Å². The Balaban J connectivity index is 2.41. The zero-order valence-electron chi connectivity index (χ0n) is 10.6. The fraction of sp³-hybridized carbons (Fsp3) is 0.286. The summed E-state index contributed by atoms with van der Waals surface area (Å²) < 4.78 is 0. The fourth-order valence-corrected chi connectivity index (χ4v) is 1.82. The third-order valence-corrected chi connectivity index (χ3v) is 2.88. The Kier molecular flexibility index (Phi) is 3.58. The van der Waals surface area contributed by atoms with E-state index in [9.17, 15) is 4.79 Å². The van der Waals surface area contributed by atoms with Crippen LogP contribution in [0.25, 0.3) is 10.9 Å². The number of benzene rings is 1. The maximum absolute atomic E-state index is 11.8. The number of hydrogen-bond donors (Lipinski definition) is 2. The smallest absolute Gasteiger partial charge is 0.241 e. The highest BCUT2D eigenvalue weighted by molar-refractivity contribution is 6.02. The van der Waals surface area contributed by atoms with Gasteiger partial charge < -0.3 is 11.1 Å². The van der Waals surface area contributed by atoms with E-state index >= 15 is 0 Å². The summed E-state index contributed by atoms with van der Waals surface area (Å²) in [5.41, 5.74) is 8.23. The number of aromatic nitrogens is 1. The Morgan fingerprint density at radius 3 is 2.89 bits per heavy atom. The summed E-state index contributed by atoms with van der Waals surface area (Å²) in [6.07, 6.45) is 0.619. The number of rotatable bonds is 3. The topological polar surface area (TPSA) is 68.0 Å². The van der Waals surface area contributed by atoms with Gasteiger partial charge in [-0.25, -0.2) is 0 Å². The van der Waals surface area contributed by atoms with Crippen molar-refractivity contribution in [3.8, 4) is 0 Å². The molecule has 0 aliphatic carbocycles. The lowest BCUT2D eigenvalue weighted by molar-refractivity contribution is -0.117. The first kappa shape index (κ1) is 12.5. The zero-order chi connectivity index (χ0) is 13.1. The van der Waals surface area contributed by atoms with Crippen LogP contribution in [0.2, 0.25) is 0 Å². The second-order valence-corrected chi connectivity index (χ2v) is 4.33. The lowest BCUT2D eigenvalue weighted by Crippen LogP contribution is -2.34. The molecule has 1 amide bonds. The molecule has 4 heteroatoms. The molecule has 0 unspecified atom stereocenters. The van der Waals surface area contributed by atoms with Gasteiger partial charge in [-0.2, -0.15) is 0 Å². The van der Waals surface area contributed by atoms with E-state index in [4.69, 9.17) is 5.73 Å². The maximum atomic E-state index is 11.8. The molecule has 18 heavy (non-hydrogen) atoms. The standard InChI is InChI=1S/C14H17N3O/c1-3-11(15)14(18)17-13-8-9(2)16-12-7-5-4-6-10(12)13/h4-8,11H,3,15H2,1-2H3,(H,16,17,18)/t11-/m1/s1. The molecule has 0 saturated heterocycles. The van der Waals surface area contributed by atoms with Crippen LogP contribution in [0.15, 0.2) is 30.3 Å². The SMILES string of the molecule is CC[C@@H](N)C(=O)Nc1cc(C)nc2ccccc12. The molecule has 0 bridgehead atoms. The van der Waals surface area contributed by atoms with Crippen molar-refractivity contribution in [3.05, 3.63) is 36.0 Å². The van der Waals surface area contributed by atoms with Crippen LogP contribution < -0.4 is 11.1 Å². The summed E-state index contributed by atoms with van der Waals surface area (Å²) in [6.45, 7) is 3.79. The summed E-state index contributed by atoms with van der Waals surface area (Å²) >= 11 is 0. The molecule has 0 aliphatic heterocycles. The van der Waals surface area contributed by atoms with Gasteiger partial charge in [0.2, 0.25) is 5.91 Å². The van der Waals surface area contributed by atoms with E-state index in [-0.39, 0.29) is 5.91 Å². The summed E-state index contributed by atoms with van der Waals surface area (Å²) in [4.78, 5) is 16.3. The van der Waals surface area contributed by atoms with Crippen LogP contribution in [-0.4, -0.2) is 16.9 Å². The molecule has 1 aromatic carbocycles. The van der Waals surface area contributed by atoms with Crippen LogP contribution in [0.4, 0.5) is 5.69 Å². The van der Waals surface area contributed by atoms with E-state index in [1.165, 1.54) is 0 Å². The number of nitrogens with two attached hydrogens (primary N) is 1. The fourth-order valence-electron chi connectivity index (χ4n) is 1.82. The quantitative estimate of drug-likeness (QED) is 0.868. The highest BCUT2D eigenvalue weighted by atomic mass is 16.2. The average Bonchev–Trinajstić information content (AvgIpc) is 2.37. The second kappa shape index (κ2) is 5.14. The predicted octanol–water partition coefficient (Wildman–Crippen LogP) is 2.22. The van der Waals surface area contributed by atoms with Crippen LogP contribution in [0, 0.1) is 6.92 Å². The molecular weight excluding hydrogens is 226 g/mol. The van der Waals surface area contributed by atoms with E-state index in [1.807, 2.05) is 44.2 Å². The minimum atomic E-state index is -0.475. The van der Waals surface area contributed by atoms with Gasteiger partial charge in [-0.15, -0.1) is 0 Å². The number of amides is 1. The number of carbonyl (C=O) groups is 1. The molecule has 2 rings (SSSR count). The molecule has 94 valence electrons. The van der Waals surface area contributed by atoms with Gasteiger partial charge >= 0.3 is 0 Å². The largest absolute Gasteiger partial charge is 0.324 e. The molecule has 1 heterocycles. The van der Waals surface area contributed by atoms with Gasteiger partial charge in [0.15, 0.2) is 0 Å². The lowest BCUT2D eigenvalue weighted by Gasteiger charge is -2.12. The van der Waals surface area contributed by atoms with E-state index in [1.54, 1.807) is 0 Å². The van der Waals surface area contributed by atoms with Crippen molar-refractivity contribution in [1.82, 2.24) is 4.98 Å². The van der Waals surface area contributed by atoms with E-state index in [0.717, 1.165) is 22.3 Å². The number of fused-ring (bicyclic) bond motifs is 1. The van der Waals surface area contributed by atoms with Gasteiger partial charge in [0.05, 0.1) is 17.2 Å². The molecule has 4 nitrogen and oxygen atoms in total. The molecule has 1 aromatic heterocycles. The number of hydrogen-bond acceptors (Lipinski definition) is 3. The van der Waals surface area contributed by atoms with Gasteiger partial charge in [0, 0.05) is 11.1 Å². The highest BCUT2D eigenvalue weighted by Gasteiger charge is 2.13. The summed E-state index contributed by atoms with van der Waals surface area (Å²) in [7, 11) is 0. The lowest BCUT2D eigenvalue weighted by atomic mass is 10.1. The molecular formula is C14H17N3O. The second-order valence-electron chi connectivity index (χ2n) is 4.33. The minimum Gasteiger partial charge on any atom is -0.324 e. The molecule has 0 spiro atoms. The van der Waals surface area contributed by atoms with Gasteiger partial charge in [-0.1, -0.05) is 25.1 Å². The molecule has 3 N–H and O–H groups in total. The third kappa shape index (κ3) is 2.49. The number of nitrogens with zero attached hydrogens (tertiary/aromatic N) is 1. The van der Waals surface area contributed by atoms with Gasteiger partial charge in [0.25, 0.3) is 0 Å². The Bertz CT molecular complexity index is 580. The summed E-state index contributed by atoms with van der Waals surface area (Å²) in [6, 6.07) is 9.11. The zero-order valence-corrected chi connectivity index (χ0v) is 10.6. The monoisotopic (exact) mass is 243 g/mol. The van der Waals surface area contributed by atoms with E-state index in [0.29, 0.717) is 6.42 Å². The number of pyridine rings is 1. The highest BCUT2D eigenvalue weighted by Crippen LogP contribution is 2.22. The van der Waals surface area contributed by atoms with Crippen molar-refractivity contribution in [1.29, 1.82) is 0 Å².